The van der Waals surface area contributed by atoms with E-state index in [1.807, 2.05) is 0 Å². The highest BCUT2D eigenvalue weighted by molar-refractivity contribution is 6.11. The quantitative estimate of drug-likeness (QED) is 0.418. The van der Waals surface area contributed by atoms with Gasteiger partial charge >= 0.3 is 0 Å². The lowest BCUT2D eigenvalue weighted by molar-refractivity contribution is -0.362. The third-order valence-corrected chi connectivity index (χ3v) is 4.58. The Kier molecular flexibility index (Phi) is 3.16. The van der Waals surface area contributed by atoms with Crippen LogP contribution in [0, 0.1) is 20.8 Å². The molecular formula is C22H20N+. The van der Waals surface area contributed by atoms with E-state index in [-0.39, 0.29) is 0 Å². The van der Waals surface area contributed by atoms with Crippen molar-refractivity contribution in [2.45, 2.75) is 20.8 Å². The van der Waals surface area contributed by atoms with E-state index < -0.39 is 0 Å². The van der Waals surface area contributed by atoms with E-state index in [0.29, 0.717) is 0 Å². The Morgan fingerprint density at radius 3 is 2.13 bits per heavy atom. The van der Waals surface area contributed by atoms with Crippen molar-refractivity contribution < 1.29 is 4.98 Å². The minimum Gasteiger partial charge on any atom is -0.211 e. The Bertz CT molecular complexity index is 1020. The summed E-state index contributed by atoms with van der Waals surface area (Å²) in [5, 5.41) is 5.23. The van der Waals surface area contributed by atoms with Crippen molar-refractivity contribution in [2.24, 2.45) is 0 Å². The van der Waals surface area contributed by atoms with Crippen molar-refractivity contribution in [1.82, 2.24) is 0 Å². The summed E-state index contributed by atoms with van der Waals surface area (Å²) in [7, 11) is 0. The van der Waals surface area contributed by atoms with Gasteiger partial charge in [0.25, 0.3) is 0 Å². The van der Waals surface area contributed by atoms with Gasteiger partial charge in [-0.2, -0.15) is 0 Å². The average molecular weight is 298 g/mol. The summed E-state index contributed by atoms with van der Waals surface area (Å²) in [5.74, 6) is 0. The van der Waals surface area contributed by atoms with Crippen LogP contribution in [-0.2, 0) is 0 Å². The fourth-order valence-electron chi connectivity index (χ4n) is 3.58. The first-order valence-corrected chi connectivity index (χ1v) is 8.05. The van der Waals surface area contributed by atoms with E-state index in [2.05, 4.69) is 86.5 Å². The van der Waals surface area contributed by atoms with Crippen LogP contribution in [0.5, 0.6) is 0 Å². The smallest absolute Gasteiger partial charge is 0.211 e. The van der Waals surface area contributed by atoms with E-state index in [1.54, 1.807) is 0 Å². The van der Waals surface area contributed by atoms with Gasteiger partial charge in [0.15, 0.2) is 6.20 Å². The summed E-state index contributed by atoms with van der Waals surface area (Å²) >= 11 is 0. The van der Waals surface area contributed by atoms with Crippen LogP contribution < -0.4 is 4.98 Å². The standard InChI is InChI=1S/C22H19N/c1-14-11-15(2)13-17(12-14)22-21-8-7-18-16(3)5-4-6-19(18)20(21)9-10-23-22/h4-13H,1-3H3/p+1. The van der Waals surface area contributed by atoms with E-state index in [0.717, 1.165) is 0 Å². The Labute approximate surface area is 136 Å². The number of fused-ring (bicyclic) bond motifs is 3. The molecule has 0 spiro atoms. The predicted molar refractivity (Wildman–Crippen MR) is 97.7 cm³/mol. The molecule has 23 heavy (non-hydrogen) atoms. The van der Waals surface area contributed by atoms with Crippen LogP contribution in [-0.4, -0.2) is 0 Å². The molecule has 0 atom stereocenters. The molecule has 4 rings (SSSR count). The summed E-state index contributed by atoms with van der Waals surface area (Å²) in [6, 6.07) is 19.9. The van der Waals surface area contributed by atoms with Crippen molar-refractivity contribution in [1.29, 1.82) is 0 Å². The van der Waals surface area contributed by atoms with Gasteiger partial charge < -0.3 is 0 Å². The molecule has 1 nitrogen and oxygen atoms in total. The number of aromatic amines is 1. The van der Waals surface area contributed by atoms with Crippen molar-refractivity contribution in [2.75, 3.05) is 0 Å². The summed E-state index contributed by atoms with van der Waals surface area (Å²) in [6.45, 7) is 6.48. The highest BCUT2D eigenvalue weighted by atomic mass is 14.7. The fraction of sp³-hybridized carbons (Fsp3) is 0.136. The van der Waals surface area contributed by atoms with Gasteiger partial charge in [-0.3, -0.25) is 0 Å². The molecule has 1 aromatic heterocycles. The Hall–Kier alpha value is -2.67. The maximum atomic E-state index is 3.46. The van der Waals surface area contributed by atoms with Crippen LogP contribution in [0.2, 0.25) is 0 Å². The lowest BCUT2D eigenvalue weighted by Crippen LogP contribution is -2.06. The molecule has 4 aromatic rings. The number of rotatable bonds is 1. The van der Waals surface area contributed by atoms with Gasteiger partial charge in [-0.15, -0.1) is 0 Å². The van der Waals surface area contributed by atoms with Crippen LogP contribution in [0.15, 0.2) is 60.8 Å². The van der Waals surface area contributed by atoms with Gasteiger partial charge in [0.1, 0.15) is 0 Å². The normalized spacial score (nSPS) is 11.3. The lowest BCUT2D eigenvalue weighted by atomic mass is 9.96. The van der Waals surface area contributed by atoms with Gasteiger partial charge in [0.2, 0.25) is 5.69 Å². The largest absolute Gasteiger partial charge is 0.218 e. The molecule has 0 amide bonds. The molecule has 0 radical (unpaired) electrons. The molecule has 0 fully saturated rings. The Morgan fingerprint density at radius 1 is 0.652 bits per heavy atom. The zero-order valence-electron chi connectivity index (χ0n) is 13.8. The minimum absolute atomic E-state index is 1.19. The molecule has 1 heterocycles. The Balaban J connectivity index is 2.09. The van der Waals surface area contributed by atoms with Gasteiger partial charge in [-0.1, -0.05) is 41.5 Å². The van der Waals surface area contributed by atoms with E-state index in [9.17, 15) is 0 Å². The van der Waals surface area contributed by atoms with Gasteiger partial charge in [-0.05, 0) is 55.3 Å². The minimum atomic E-state index is 1.19. The maximum absolute atomic E-state index is 3.46. The number of benzene rings is 3. The number of hydrogen-bond donors (Lipinski definition) is 0. The number of H-pyrrole nitrogens is 1. The molecule has 0 aliphatic carbocycles. The SMILES string of the molecule is Cc1cc(C)cc(-c2[nH+]ccc3c2ccc2c(C)cccc23)c1. The monoisotopic (exact) mass is 298 g/mol. The molecule has 0 saturated carbocycles. The average Bonchev–Trinajstić information content (AvgIpc) is 2.53. The van der Waals surface area contributed by atoms with Crippen molar-refractivity contribution in [3.8, 4) is 11.3 Å². The third-order valence-electron chi connectivity index (χ3n) is 4.58. The molecule has 0 unspecified atom stereocenters. The lowest BCUT2D eigenvalue weighted by Gasteiger charge is -2.08. The topological polar surface area (TPSA) is 14.1 Å². The number of nitrogens with one attached hydrogen (secondary N) is 1. The zero-order valence-corrected chi connectivity index (χ0v) is 13.8. The van der Waals surface area contributed by atoms with E-state index in [1.165, 1.54) is 49.5 Å². The van der Waals surface area contributed by atoms with Gasteiger partial charge in [0.05, 0.1) is 5.39 Å². The van der Waals surface area contributed by atoms with Crippen LogP contribution in [0.25, 0.3) is 32.8 Å². The van der Waals surface area contributed by atoms with Crippen LogP contribution in [0.3, 0.4) is 0 Å². The molecule has 0 aliphatic rings. The van der Waals surface area contributed by atoms with Crippen LogP contribution in [0.4, 0.5) is 0 Å². The van der Waals surface area contributed by atoms with Gasteiger partial charge in [-0.25, -0.2) is 4.98 Å². The van der Waals surface area contributed by atoms with Gasteiger partial charge in [0, 0.05) is 17.0 Å². The second-order valence-electron chi connectivity index (χ2n) is 6.43. The van der Waals surface area contributed by atoms with E-state index in [4.69, 9.17) is 0 Å². The third kappa shape index (κ3) is 2.29. The second-order valence-corrected chi connectivity index (χ2v) is 6.43. The van der Waals surface area contributed by atoms with Crippen molar-refractivity contribution in [3.05, 3.63) is 77.5 Å². The van der Waals surface area contributed by atoms with Crippen LogP contribution in [0.1, 0.15) is 16.7 Å². The first kappa shape index (κ1) is 14.0. The first-order valence-electron chi connectivity index (χ1n) is 8.05. The summed E-state index contributed by atoms with van der Waals surface area (Å²) < 4.78 is 0. The molecule has 0 aliphatic heterocycles. The van der Waals surface area contributed by atoms with Crippen LogP contribution >= 0.6 is 0 Å². The number of pyridine rings is 1. The first-order chi connectivity index (χ1) is 11.1. The second kappa shape index (κ2) is 5.20. The van der Waals surface area contributed by atoms with Crippen molar-refractivity contribution in [3.63, 3.8) is 0 Å². The molecular weight excluding hydrogens is 278 g/mol. The number of aromatic nitrogens is 1. The summed E-state index contributed by atoms with van der Waals surface area (Å²) in [4.78, 5) is 3.46. The fourth-order valence-corrected chi connectivity index (χ4v) is 3.58. The molecule has 1 heteroatoms. The summed E-state index contributed by atoms with van der Waals surface area (Å²) in [5.41, 5.74) is 6.35. The Morgan fingerprint density at radius 2 is 1.35 bits per heavy atom. The molecule has 0 bridgehead atoms. The molecule has 3 aromatic carbocycles. The molecule has 1 N–H and O–H groups in total. The number of hydrogen-bond acceptors (Lipinski definition) is 0. The summed E-state index contributed by atoms with van der Waals surface area (Å²) in [6.07, 6.45) is 2.05. The maximum Gasteiger partial charge on any atom is 0.218 e. The molecule has 112 valence electrons. The highest BCUT2D eigenvalue weighted by Gasteiger charge is 2.13. The zero-order chi connectivity index (χ0) is 16.0. The highest BCUT2D eigenvalue weighted by Crippen LogP contribution is 2.32. The predicted octanol–water partition coefficient (Wildman–Crippen LogP) is 5.40. The van der Waals surface area contributed by atoms with E-state index >= 15 is 0 Å². The van der Waals surface area contributed by atoms with Crippen molar-refractivity contribution >= 4 is 21.5 Å². The number of aryl methyl sites for hydroxylation is 3. The molecule has 0 saturated heterocycles.